The number of nitrogens with zero attached hydrogens (tertiary/aromatic N) is 2. The SMILES string of the molecule is Cn1ncc(Br)c1-c1ccc(C(=O)N[C@@H]2CNCC[C@H]2c2ccc(F)c(F)c2)cc1.O=C(O)[C@H](O)[C@@H](O)C(=O)O. The highest BCUT2D eigenvalue weighted by molar-refractivity contribution is 9.10. The number of hydrogen-bond donors (Lipinski definition) is 6. The Kier molecular flexibility index (Phi) is 10.5. The first-order valence-corrected chi connectivity index (χ1v) is 12.8. The molecule has 0 bridgehead atoms. The van der Waals surface area contributed by atoms with Crippen molar-refractivity contribution in [1.82, 2.24) is 20.4 Å². The molecule has 40 heavy (non-hydrogen) atoms. The summed E-state index contributed by atoms with van der Waals surface area (Å²) in [6.45, 7) is 1.32. The van der Waals surface area contributed by atoms with Gasteiger partial charge >= 0.3 is 11.9 Å². The Morgan fingerprint density at radius 3 is 2.20 bits per heavy atom. The molecule has 1 amide bonds. The number of aliphatic hydroxyl groups is 2. The molecule has 214 valence electrons. The number of aryl methyl sites for hydroxylation is 1. The van der Waals surface area contributed by atoms with Crippen LogP contribution in [0.3, 0.4) is 0 Å². The van der Waals surface area contributed by atoms with Crippen LogP contribution in [0.5, 0.6) is 0 Å². The molecule has 0 radical (unpaired) electrons. The van der Waals surface area contributed by atoms with Gasteiger partial charge in [-0.05, 0) is 58.7 Å². The molecule has 0 aliphatic carbocycles. The molecular formula is C26H27BrF2N4O7. The lowest BCUT2D eigenvalue weighted by Gasteiger charge is -2.33. The first kappa shape index (κ1) is 30.8. The van der Waals surface area contributed by atoms with Crippen molar-refractivity contribution >= 4 is 33.8 Å². The van der Waals surface area contributed by atoms with Crippen LogP contribution in [0.2, 0.25) is 0 Å². The van der Waals surface area contributed by atoms with Crippen molar-refractivity contribution in [3.63, 3.8) is 0 Å². The van der Waals surface area contributed by atoms with E-state index in [4.69, 9.17) is 20.4 Å². The van der Waals surface area contributed by atoms with E-state index in [1.54, 1.807) is 29.1 Å². The molecule has 1 aliphatic rings. The zero-order valence-corrected chi connectivity index (χ0v) is 22.7. The lowest BCUT2D eigenvalue weighted by molar-refractivity contribution is -0.165. The maximum absolute atomic E-state index is 13.7. The smallest absolute Gasteiger partial charge is 0.335 e. The van der Waals surface area contributed by atoms with E-state index in [-0.39, 0.29) is 17.9 Å². The van der Waals surface area contributed by atoms with Crippen LogP contribution < -0.4 is 10.6 Å². The summed E-state index contributed by atoms with van der Waals surface area (Å²) >= 11 is 3.49. The van der Waals surface area contributed by atoms with Gasteiger partial charge in [-0.2, -0.15) is 5.10 Å². The molecular weight excluding hydrogens is 598 g/mol. The largest absolute Gasteiger partial charge is 0.479 e. The van der Waals surface area contributed by atoms with Crippen LogP contribution in [0.15, 0.2) is 53.1 Å². The number of rotatable bonds is 7. The fraction of sp³-hybridized carbons (Fsp3) is 0.308. The molecule has 4 rings (SSSR count). The number of aromatic nitrogens is 2. The number of amides is 1. The number of hydrogen-bond acceptors (Lipinski definition) is 7. The molecule has 2 aromatic carbocycles. The normalized spacial score (nSPS) is 18.1. The van der Waals surface area contributed by atoms with Crippen LogP contribution in [0.25, 0.3) is 11.3 Å². The average Bonchev–Trinajstić information content (AvgIpc) is 3.27. The molecule has 0 saturated carbocycles. The molecule has 0 spiro atoms. The second-order valence-corrected chi connectivity index (χ2v) is 9.82. The van der Waals surface area contributed by atoms with Crippen molar-refractivity contribution in [1.29, 1.82) is 0 Å². The topological polar surface area (TPSA) is 174 Å². The van der Waals surface area contributed by atoms with Gasteiger partial charge in [0.25, 0.3) is 5.91 Å². The number of carboxylic acids is 2. The maximum Gasteiger partial charge on any atom is 0.335 e. The van der Waals surface area contributed by atoms with Gasteiger partial charge in [-0.25, -0.2) is 18.4 Å². The average molecular weight is 625 g/mol. The van der Waals surface area contributed by atoms with Gasteiger partial charge in [0, 0.05) is 36.7 Å². The minimum absolute atomic E-state index is 0.0880. The standard InChI is InChI=1S/C22H21BrF2N4O.C4H6O6/c1-29-21(17(23)11-27-29)13-2-4-14(5-3-13)22(30)28-20-12-26-9-8-16(20)15-6-7-18(24)19(25)10-15;5-1(3(7)8)2(6)4(9)10/h2-7,10-11,16,20,26H,8-9,12H2,1H3,(H,28,30);1-2,5-6H,(H,7,8)(H,9,10)/t16-,20+;1-,2-/m01/s1. The van der Waals surface area contributed by atoms with Gasteiger partial charge in [-0.1, -0.05) is 18.2 Å². The summed E-state index contributed by atoms with van der Waals surface area (Å²) in [5.74, 6) is -5.56. The van der Waals surface area contributed by atoms with E-state index in [0.29, 0.717) is 17.7 Å². The molecule has 2 heterocycles. The molecule has 1 fully saturated rings. The fourth-order valence-electron chi connectivity index (χ4n) is 4.19. The van der Waals surface area contributed by atoms with Crippen molar-refractivity contribution in [2.75, 3.05) is 13.1 Å². The van der Waals surface area contributed by atoms with Gasteiger partial charge in [0.2, 0.25) is 0 Å². The van der Waals surface area contributed by atoms with Gasteiger partial charge in [0.15, 0.2) is 23.8 Å². The quantitative estimate of drug-likeness (QED) is 0.229. The van der Waals surface area contributed by atoms with E-state index in [1.165, 1.54) is 6.07 Å². The van der Waals surface area contributed by atoms with E-state index in [9.17, 15) is 23.2 Å². The zero-order chi connectivity index (χ0) is 29.6. The first-order valence-electron chi connectivity index (χ1n) is 12.0. The lowest BCUT2D eigenvalue weighted by atomic mass is 9.85. The third-order valence-electron chi connectivity index (χ3n) is 6.29. The highest BCUT2D eigenvalue weighted by Gasteiger charge is 2.30. The van der Waals surface area contributed by atoms with Gasteiger partial charge < -0.3 is 31.1 Å². The Bertz CT molecular complexity index is 1330. The second kappa shape index (κ2) is 13.6. The Hall–Kier alpha value is -3.72. The van der Waals surface area contributed by atoms with Crippen LogP contribution in [0.1, 0.15) is 28.3 Å². The Morgan fingerprint density at radius 1 is 1.05 bits per heavy atom. The number of nitrogens with one attached hydrogen (secondary N) is 2. The van der Waals surface area contributed by atoms with Crippen molar-refractivity contribution in [3.8, 4) is 11.3 Å². The third-order valence-corrected chi connectivity index (χ3v) is 6.87. The van der Waals surface area contributed by atoms with Crippen LogP contribution in [-0.4, -0.2) is 79.4 Å². The number of aliphatic carboxylic acids is 2. The van der Waals surface area contributed by atoms with Crippen LogP contribution in [-0.2, 0) is 16.6 Å². The van der Waals surface area contributed by atoms with Crippen LogP contribution in [0, 0.1) is 11.6 Å². The van der Waals surface area contributed by atoms with Gasteiger partial charge in [0.1, 0.15) is 0 Å². The minimum Gasteiger partial charge on any atom is -0.479 e. The summed E-state index contributed by atoms with van der Waals surface area (Å²) < 4.78 is 29.7. The third kappa shape index (κ3) is 7.47. The van der Waals surface area contributed by atoms with Gasteiger partial charge in [-0.3, -0.25) is 9.48 Å². The molecule has 6 N–H and O–H groups in total. The molecule has 1 saturated heterocycles. The highest BCUT2D eigenvalue weighted by Crippen LogP contribution is 2.29. The zero-order valence-electron chi connectivity index (χ0n) is 21.1. The van der Waals surface area contributed by atoms with Crippen LogP contribution in [0.4, 0.5) is 8.78 Å². The summed E-state index contributed by atoms with van der Waals surface area (Å²) in [6, 6.07) is 11.0. The molecule has 4 atom stereocenters. The van der Waals surface area contributed by atoms with E-state index >= 15 is 0 Å². The van der Waals surface area contributed by atoms with Gasteiger partial charge in [-0.15, -0.1) is 0 Å². The number of carboxylic acid groups (broad SMARTS) is 2. The van der Waals surface area contributed by atoms with Crippen molar-refractivity contribution in [3.05, 3.63) is 75.9 Å². The van der Waals surface area contributed by atoms with Crippen LogP contribution >= 0.6 is 15.9 Å². The predicted molar refractivity (Wildman–Crippen MR) is 141 cm³/mol. The summed E-state index contributed by atoms with van der Waals surface area (Å²) in [6.07, 6.45) is -2.08. The second-order valence-electron chi connectivity index (χ2n) is 8.96. The molecule has 11 nitrogen and oxygen atoms in total. The number of aliphatic hydroxyl groups excluding tert-OH is 2. The Morgan fingerprint density at radius 2 is 1.68 bits per heavy atom. The maximum atomic E-state index is 13.7. The number of carbonyl (C=O) groups is 3. The van der Waals surface area contributed by atoms with Crippen molar-refractivity contribution < 1.29 is 43.6 Å². The predicted octanol–water partition coefficient (Wildman–Crippen LogP) is 1.88. The number of halogens is 3. The monoisotopic (exact) mass is 624 g/mol. The summed E-state index contributed by atoms with van der Waals surface area (Å²) in [5, 5.41) is 43.0. The van der Waals surface area contributed by atoms with Crippen molar-refractivity contribution in [2.24, 2.45) is 7.05 Å². The fourth-order valence-corrected chi connectivity index (χ4v) is 4.77. The molecule has 1 aromatic heterocycles. The van der Waals surface area contributed by atoms with E-state index in [0.717, 1.165) is 34.8 Å². The van der Waals surface area contributed by atoms with E-state index < -0.39 is 35.8 Å². The van der Waals surface area contributed by atoms with E-state index in [1.807, 2.05) is 19.2 Å². The number of carbonyl (C=O) groups excluding carboxylic acids is 1. The van der Waals surface area contributed by atoms with E-state index in [2.05, 4.69) is 31.7 Å². The summed E-state index contributed by atoms with van der Waals surface area (Å²) in [4.78, 5) is 32.4. The summed E-state index contributed by atoms with van der Waals surface area (Å²) in [7, 11) is 1.86. The Balaban J connectivity index is 0.000000378. The Labute approximate surface area is 235 Å². The lowest BCUT2D eigenvalue weighted by Crippen LogP contribution is -2.50. The van der Waals surface area contributed by atoms with Gasteiger partial charge in [0.05, 0.1) is 16.4 Å². The minimum atomic E-state index is -2.27. The molecule has 3 aromatic rings. The van der Waals surface area contributed by atoms with Crippen molar-refractivity contribution in [2.45, 2.75) is 30.6 Å². The highest BCUT2D eigenvalue weighted by atomic mass is 79.9. The number of benzene rings is 2. The first-order chi connectivity index (χ1) is 18.9. The molecule has 1 aliphatic heterocycles. The number of piperidine rings is 1. The molecule has 0 unspecified atom stereocenters. The molecule has 14 heteroatoms. The summed E-state index contributed by atoms with van der Waals surface area (Å²) in [5.41, 5.74) is 3.10.